The molecule has 0 unspecified atom stereocenters. The van der Waals surface area contributed by atoms with Crippen LogP contribution in [-0.2, 0) is 0 Å². The Morgan fingerprint density at radius 3 is 1.93 bits per heavy atom. The molecule has 46 heavy (non-hydrogen) atoms. The molecule has 3 aliphatic rings. The van der Waals surface area contributed by atoms with E-state index in [1.807, 2.05) is 60.7 Å². The fourth-order valence-electron chi connectivity index (χ4n) is 6.26. The zero-order chi connectivity index (χ0) is 30.6. The number of terminal acetylenes is 1. The standard InChI is InChI=1S/C40H24N2O4/c1-2-24-6-5-7-25(16-24)17-32-30-9-4-3-8-29(30)31-13-10-26(18-33(31)32)34-21-35(27-11-14-36-38(19-27)45-22-43-36)42-40(41-34)28-12-15-37-39(20-28)46-23-44-37/h1,3-21H,22-23H2/b32-17+. The van der Waals surface area contributed by atoms with Gasteiger partial charge in [-0.15, -0.1) is 6.42 Å². The number of nitrogens with zero attached hydrogens (tertiary/aromatic N) is 2. The van der Waals surface area contributed by atoms with Gasteiger partial charge in [0.15, 0.2) is 28.8 Å². The van der Waals surface area contributed by atoms with Crippen LogP contribution in [0.5, 0.6) is 23.0 Å². The molecule has 0 saturated heterocycles. The first-order valence-electron chi connectivity index (χ1n) is 14.9. The minimum atomic E-state index is 0.197. The quantitative estimate of drug-likeness (QED) is 0.190. The van der Waals surface area contributed by atoms with Crippen molar-refractivity contribution in [3.05, 3.63) is 131 Å². The molecule has 6 heteroatoms. The third-order valence-corrected chi connectivity index (χ3v) is 8.50. The van der Waals surface area contributed by atoms with E-state index >= 15 is 0 Å². The van der Waals surface area contributed by atoms with Gasteiger partial charge in [0.2, 0.25) is 13.6 Å². The predicted octanol–water partition coefficient (Wildman–Crippen LogP) is 8.49. The molecule has 6 nitrogen and oxygen atoms in total. The molecular formula is C40H24N2O4. The van der Waals surface area contributed by atoms with Gasteiger partial charge in [0.1, 0.15) is 0 Å². The van der Waals surface area contributed by atoms with E-state index in [2.05, 4.69) is 60.5 Å². The largest absolute Gasteiger partial charge is 0.454 e. The van der Waals surface area contributed by atoms with Gasteiger partial charge in [-0.05, 0) is 100 Å². The maximum atomic E-state index is 5.72. The van der Waals surface area contributed by atoms with E-state index in [0.717, 1.165) is 56.1 Å². The average Bonchev–Trinajstić information content (AvgIpc) is 3.85. The van der Waals surface area contributed by atoms with Gasteiger partial charge < -0.3 is 18.9 Å². The maximum Gasteiger partial charge on any atom is 0.231 e. The van der Waals surface area contributed by atoms with E-state index in [1.165, 1.54) is 16.7 Å². The number of hydrogen-bond acceptors (Lipinski definition) is 6. The number of rotatable bonds is 4. The van der Waals surface area contributed by atoms with Crippen molar-refractivity contribution in [3.8, 4) is 80.4 Å². The normalized spacial score (nSPS) is 14.2. The van der Waals surface area contributed by atoms with Gasteiger partial charge in [-0.1, -0.05) is 54.5 Å². The van der Waals surface area contributed by atoms with Gasteiger partial charge in [-0.25, -0.2) is 9.97 Å². The molecule has 1 aliphatic carbocycles. The molecule has 0 radical (unpaired) electrons. The first kappa shape index (κ1) is 26.1. The highest BCUT2D eigenvalue weighted by Crippen LogP contribution is 2.47. The lowest BCUT2D eigenvalue weighted by Crippen LogP contribution is -1.97. The molecule has 218 valence electrons. The van der Waals surface area contributed by atoms with Crippen LogP contribution in [0.1, 0.15) is 22.3 Å². The highest BCUT2D eigenvalue weighted by Gasteiger charge is 2.25. The molecule has 3 heterocycles. The molecular weight excluding hydrogens is 572 g/mol. The minimum Gasteiger partial charge on any atom is -0.454 e. The summed E-state index contributed by atoms with van der Waals surface area (Å²) in [5, 5.41) is 0. The maximum absolute atomic E-state index is 5.72. The third kappa shape index (κ3) is 4.37. The van der Waals surface area contributed by atoms with Crippen LogP contribution < -0.4 is 18.9 Å². The van der Waals surface area contributed by atoms with Gasteiger partial charge in [0.05, 0.1) is 11.4 Å². The van der Waals surface area contributed by atoms with Crippen LogP contribution in [0.4, 0.5) is 0 Å². The number of hydrogen-bond donors (Lipinski definition) is 0. The minimum absolute atomic E-state index is 0.197. The fraction of sp³-hybridized carbons (Fsp3) is 0.0500. The van der Waals surface area contributed by atoms with Crippen LogP contribution in [0.15, 0.2) is 109 Å². The topological polar surface area (TPSA) is 62.7 Å². The summed E-state index contributed by atoms with van der Waals surface area (Å²) in [7, 11) is 0. The predicted molar refractivity (Wildman–Crippen MR) is 177 cm³/mol. The van der Waals surface area contributed by atoms with Crippen LogP contribution in [0, 0.1) is 12.3 Å². The molecule has 9 rings (SSSR count). The number of aromatic nitrogens is 2. The smallest absolute Gasteiger partial charge is 0.231 e. The number of benzene rings is 5. The van der Waals surface area contributed by atoms with E-state index in [4.69, 9.17) is 35.3 Å². The lowest BCUT2D eigenvalue weighted by atomic mass is 9.97. The lowest BCUT2D eigenvalue weighted by molar-refractivity contribution is 0.173. The van der Waals surface area contributed by atoms with Crippen LogP contribution in [0.3, 0.4) is 0 Å². The van der Waals surface area contributed by atoms with Gasteiger partial charge in [0, 0.05) is 22.3 Å². The Bertz CT molecular complexity index is 2220. The molecule has 5 aromatic carbocycles. The first-order chi connectivity index (χ1) is 22.7. The molecule has 0 atom stereocenters. The molecule has 6 aromatic rings. The van der Waals surface area contributed by atoms with Gasteiger partial charge in [-0.2, -0.15) is 0 Å². The Labute approximate surface area is 265 Å². The molecule has 0 fully saturated rings. The zero-order valence-electron chi connectivity index (χ0n) is 24.5. The van der Waals surface area contributed by atoms with Crippen molar-refractivity contribution in [1.82, 2.24) is 9.97 Å². The van der Waals surface area contributed by atoms with Crippen molar-refractivity contribution in [2.45, 2.75) is 0 Å². The third-order valence-electron chi connectivity index (χ3n) is 8.50. The Morgan fingerprint density at radius 1 is 0.543 bits per heavy atom. The van der Waals surface area contributed by atoms with Crippen molar-refractivity contribution >= 4 is 11.6 Å². The summed E-state index contributed by atoms with van der Waals surface area (Å²) in [6.45, 7) is 0.402. The summed E-state index contributed by atoms with van der Waals surface area (Å²) in [6, 6.07) is 36.8. The zero-order valence-corrected chi connectivity index (χ0v) is 24.5. The molecule has 0 saturated carbocycles. The highest BCUT2D eigenvalue weighted by molar-refractivity contribution is 6.07. The Balaban J connectivity index is 1.21. The molecule has 0 spiro atoms. The van der Waals surface area contributed by atoms with E-state index < -0.39 is 0 Å². The number of ether oxygens (including phenoxy) is 4. The second kappa shape index (κ2) is 10.4. The van der Waals surface area contributed by atoms with E-state index in [0.29, 0.717) is 23.1 Å². The van der Waals surface area contributed by atoms with E-state index in [1.54, 1.807) is 0 Å². The fourth-order valence-corrected chi connectivity index (χ4v) is 6.26. The van der Waals surface area contributed by atoms with Gasteiger partial charge >= 0.3 is 0 Å². The van der Waals surface area contributed by atoms with Crippen molar-refractivity contribution in [2.75, 3.05) is 13.6 Å². The summed E-state index contributed by atoms with van der Waals surface area (Å²) in [4.78, 5) is 10.1. The average molecular weight is 597 g/mol. The summed E-state index contributed by atoms with van der Waals surface area (Å²) >= 11 is 0. The Kier molecular flexibility index (Phi) is 5.90. The lowest BCUT2D eigenvalue weighted by Gasteiger charge is -2.12. The van der Waals surface area contributed by atoms with Crippen LogP contribution in [0.2, 0.25) is 0 Å². The highest BCUT2D eigenvalue weighted by atomic mass is 16.7. The molecule has 2 aliphatic heterocycles. The summed E-state index contributed by atoms with van der Waals surface area (Å²) in [5.41, 5.74) is 12.0. The van der Waals surface area contributed by atoms with Crippen LogP contribution in [0.25, 0.3) is 56.7 Å². The molecule has 1 aromatic heterocycles. The van der Waals surface area contributed by atoms with E-state index in [-0.39, 0.29) is 13.6 Å². The summed E-state index contributed by atoms with van der Waals surface area (Å²) in [6.07, 6.45) is 7.93. The van der Waals surface area contributed by atoms with Crippen molar-refractivity contribution in [1.29, 1.82) is 0 Å². The van der Waals surface area contributed by atoms with Gasteiger partial charge in [0.25, 0.3) is 0 Å². The van der Waals surface area contributed by atoms with Crippen molar-refractivity contribution in [2.24, 2.45) is 0 Å². The SMILES string of the molecule is C#Cc1cccc(/C=C2\c3ccccc3-c3ccc(-c4cc(-c5ccc6c(c5)OCO6)nc(-c5ccc6c(c5)OCO6)n4)cc32)c1. The summed E-state index contributed by atoms with van der Waals surface area (Å²) in [5.74, 6) is 6.13. The molecule has 0 N–H and O–H groups in total. The first-order valence-corrected chi connectivity index (χ1v) is 14.9. The Hall–Kier alpha value is -6.32. The molecule has 0 amide bonds. The summed E-state index contributed by atoms with van der Waals surface area (Å²) < 4.78 is 22.5. The number of fused-ring (bicyclic) bond motifs is 5. The van der Waals surface area contributed by atoms with Gasteiger partial charge in [-0.3, -0.25) is 0 Å². The van der Waals surface area contributed by atoms with Crippen LogP contribution in [-0.4, -0.2) is 23.6 Å². The van der Waals surface area contributed by atoms with Crippen molar-refractivity contribution in [3.63, 3.8) is 0 Å². The monoisotopic (exact) mass is 596 g/mol. The molecule has 0 bridgehead atoms. The Morgan fingerprint density at radius 2 is 1.17 bits per heavy atom. The van der Waals surface area contributed by atoms with E-state index in [9.17, 15) is 0 Å². The second-order valence-electron chi connectivity index (χ2n) is 11.2. The van der Waals surface area contributed by atoms with Crippen LogP contribution >= 0.6 is 0 Å². The second-order valence-corrected chi connectivity index (χ2v) is 11.2. The van der Waals surface area contributed by atoms with Crippen molar-refractivity contribution < 1.29 is 18.9 Å².